The highest BCUT2D eigenvalue weighted by Gasteiger charge is 2.42. The zero-order chi connectivity index (χ0) is 19.7. The van der Waals surface area contributed by atoms with E-state index >= 15 is 0 Å². The Labute approximate surface area is 164 Å². The molecule has 6 heteroatoms. The van der Waals surface area contributed by atoms with E-state index in [-0.39, 0.29) is 54.6 Å². The second kappa shape index (κ2) is 8.02. The number of ketones is 1. The van der Waals surface area contributed by atoms with Crippen molar-refractivity contribution >= 4 is 17.7 Å². The van der Waals surface area contributed by atoms with Crippen molar-refractivity contribution in [1.82, 2.24) is 4.90 Å². The Hall–Kier alpha value is -2.24. The van der Waals surface area contributed by atoms with Crippen LogP contribution in [0.15, 0.2) is 24.3 Å². The number of carbonyl (C=O) groups is 3. The normalized spacial score (nSPS) is 26.6. The summed E-state index contributed by atoms with van der Waals surface area (Å²) < 4.78 is 19.3. The van der Waals surface area contributed by atoms with E-state index in [1.807, 2.05) is 0 Å². The minimum atomic E-state index is -0.376. The molecule has 150 valence electrons. The molecule has 0 spiro atoms. The van der Waals surface area contributed by atoms with Crippen LogP contribution in [0.2, 0.25) is 0 Å². The molecule has 4 rings (SSSR count). The SMILES string of the molecule is O=C(OCC(=O)N(Cc1ccccc1F)C1CC1)C1C[C@H]2CCC[C@H](C1)C2=O. The van der Waals surface area contributed by atoms with Crippen LogP contribution >= 0.6 is 0 Å². The van der Waals surface area contributed by atoms with Gasteiger partial charge in [-0.25, -0.2) is 4.39 Å². The number of hydrogen-bond acceptors (Lipinski definition) is 4. The van der Waals surface area contributed by atoms with Crippen molar-refractivity contribution in [2.24, 2.45) is 17.8 Å². The van der Waals surface area contributed by atoms with E-state index in [1.165, 1.54) is 6.07 Å². The molecule has 0 N–H and O–H groups in total. The molecule has 1 amide bonds. The van der Waals surface area contributed by atoms with Gasteiger partial charge in [-0.05, 0) is 44.6 Å². The van der Waals surface area contributed by atoms with Gasteiger partial charge in [-0.3, -0.25) is 14.4 Å². The molecule has 0 unspecified atom stereocenters. The summed E-state index contributed by atoms with van der Waals surface area (Å²) in [6, 6.07) is 6.51. The van der Waals surface area contributed by atoms with Crippen LogP contribution < -0.4 is 0 Å². The second-order valence-electron chi connectivity index (χ2n) is 8.35. The highest BCUT2D eigenvalue weighted by molar-refractivity contribution is 5.88. The zero-order valence-corrected chi connectivity index (χ0v) is 15.9. The number of carbonyl (C=O) groups excluding carboxylic acids is 3. The molecule has 3 aliphatic carbocycles. The average Bonchev–Trinajstić information content (AvgIpc) is 3.50. The summed E-state index contributed by atoms with van der Waals surface area (Å²) in [7, 11) is 0. The van der Waals surface area contributed by atoms with Gasteiger partial charge in [-0.15, -0.1) is 0 Å². The monoisotopic (exact) mass is 387 g/mol. The first-order valence-corrected chi connectivity index (χ1v) is 10.3. The van der Waals surface area contributed by atoms with E-state index in [0.29, 0.717) is 24.2 Å². The quantitative estimate of drug-likeness (QED) is 0.703. The predicted molar refractivity (Wildman–Crippen MR) is 99.5 cm³/mol. The van der Waals surface area contributed by atoms with E-state index in [0.717, 1.165) is 32.1 Å². The van der Waals surface area contributed by atoms with Crippen LogP contribution in [-0.2, 0) is 25.7 Å². The molecule has 0 radical (unpaired) electrons. The van der Waals surface area contributed by atoms with E-state index in [9.17, 15) is 18.8 Å². The van der Waals surface area contributed by atoms with Crippen LogP contribution in [0.5, 0.6) is 0 Å². The number of ether oxygens (including phenoxy) is 1. The number of Topliss-reactive ketones (excluding diaryl/α,β-unsaturated/α-hetero) is 1. The third kappa shape index (κ3) is 4.10. The molecular weight excluding hydrogens is 361 g/mol. The number of amides is 1. The van der Waals surface area contributed by atoms with Gasteiger partial charge < -0.3 is 9.64 Å². The Morgan fingerprint density at radius 3 is 2.39 bits per heavy atom. The third-order valence-electron chi connectivity index (χ3n) is 6.33. The first-order chi connectivity index (χ1) is 13.5. The first-order valence-electron chi connectivity index (χ1n) is 10.3. The Bertz CT molecular complexity index is 760. The molecule has 3 aliphatic rings. The number of rotatable bonds is 6. The number of hydrogen-bond donors (Lipinski definition) is 0. The van der Waals surface area contributed by atoms with Gasteiger partial charge in [-0.1, -0.05) is 24.6 Å². The van der Waals surface area contributed by atoms with E-state index in [2.05, 4.69) is 0 Å². The van der Waals surface area contributed by atoms with Crippen LogP contribution in [0.1, 0.15) is 50.5 Å². The molecule has 1 aromatic carbocycles. The van der Waals surface area contributed by atoms with E-state index < -0.39 is 0 Å². The van der Waals surface area contributed by atoms with Crippen molar-refractivity contribution in [1.29, 1.82) is 0 Å². The molecule has 1 aromatic rings. The second-order valence-corrected chi connectivity index (χ2v) is 8.35. The summed E-state index contributed by atoms with van der Waals surface area (Å²) in [5.74, 6) is -1.03. The molecule has 0 saturated heterocycles. The molecule has 3 fully saturated rings. The van der Waals surface area contributed by atoms with Crippen molar-refractivity contribution in [3.05, 3.63) is 35.6 Å². The summed E-state index contributed by atoms with van der Waals surface area (Å²) in [4.78, 5) is 38.9. The van der Waals surface area contributed by atoms with Gasteiger partial charge >= 0.3 is 5.97 Å². The standard InChI is InChI=1S/C22H26FNO4/c23-19-7-2-1-4-16(19)12-24(18-8-9-18)20(25)13-28-22(27)17-10-14-5-3-6-15(11-17)21(14)26/h1-2,4,7,14-15,17-18H,3,5-6,8-13H2/t14-,15-/m1/s1. The first kappa shape index (κ1) is 19.1. The molecular formula is C22H26FNO4. The highest BCUT2D eigenvalue weighted by atomic mass is 19.1. The number of esters is 1. The topological polar surface area (TPSA) is 63.7 Å². The lowest BCUT2D eigenvalue weighted by atomic mass is 9.67. The fourth-order valence-electron chi connectivity index (χ4n) is 4.62. The van der Waals surface area contributed by atoms with Crippen molar-refractivity contribution in [2.45, 2.75) is 57.5 Å². The summed E-state index contributed by atoms with van der Waals surface area (Å²) in [6.45, 7) is -0.126. The number of nitrogens with zero attached hydrogens (tertiary/aromatic N) is 1. The van der Waals surface area contributed by atoms with Gasteiger partial charge in [0, 0.05) is 30.0 Å². The Morgan fingerprint density at radius 1 is 1.07 bits per heavy atom. The Kier molecular flexibility index (Phi) is 5.47. The summed E-state index contributed by atoms with van der Waals surface area (Å²) >= 11 is 0. The summed E-state index contributed by atoms with van der Waals surface area (Å²) in [5, 5.41) is 0. The molecule has 0 heterocycles. The lowest BCUT2D eigenvalue weighted by Crippen LogP contribution is -2.41. The van der Waals surface area contributed by atoms with Crippen LogP contribution in [0.3, 0.4) is 0 Å². The number of fused-ring (bicyclic) bond motifs is 2. The maximum atomic E-state index is 13.9. The van der Waals surface area contributed by atoms with Gasteiger partial charge in [0.2, 0.25) is 0 Å². The zero-order valence-electron chi connectivity index (χ0n) is 15.9. The van der Waals surface area contributed by atoms with Gasteiger partial charge in [0.15, 0.2) is 6.61 Å². The maximum absolute atomic E-state index is 13.9. The molecule has 0 aromatic heterocycles. The van der Waals surface area contributed by atoms with Gasteiger partial charge in [-0.2, -0.15) is 0 Å². The average molecular weight is 387 g/mol. The lowest BCUT2D eigenvalue weighted by Gasteiger charge is -2.36. The molecule has 2 bridgehead atoms. The lowest BCUT2D eigenvalue weighted by molar-refractivity contribution is -0.159. The maximum Gasteiger partial charge on any atom is 0.309 e. The van der Waals surface area contributed by atoms with Crippen molar-refractivity contribution in [3.63, 3.8) is 0 Å². The molecule has 2 atom stereocenters. The number of benzene rings is 1. The molecule has 5 nitrogen and oxygen atoms in total. The highest BCUT2D eigenvalue weighted by Crippen LogP contribution is 2.40. The van der Waals surface area contributed by atoms with Crippen molar-refractivity contribution in [2.75, 3.05) is 6.61 Å². The fraction of sp³-hybridized carbons (Fsp3) is 0.591. The van der Waals surface area contributed by atoms with Crippen molar-refractivity contribution < 1.29 is 23.5 Å². The predicted octanol–water partition coefficient (Wildman–Crippen LogP) is 3.26. The van der Waals surface area contributed by atoms with E-state index in [4.69, 9.17) is 4.74 Å². The van der Waals surface area contributed by atoms with Crippen LogP contribution in [0.4, 0.5) is 4.39 Å². The molecule has 3 saturated carbocycles. The number of halogens is 1. The van der Waals surface area contributed by atoms with Gasteiger partial charge in [0.1, 0.15) is 11.6 Å². The van der Waals surface area contributed by atoms with Gasteiger partial charge in [0.05, 0.1) is 5.92 Å². The summed E-state index contributed by atoms with van der Waals surface area (Å²) in [6.07, 6.45) is 5.64. The van der Waals surface area contributed by atoms with E-state index in [1.54, 1.807) is 23.1 Å². The fourth-order valence-corrected chi connectivity index (χ4v) is 4.62. The van der Waals surface area contributed by atoms with Crippen LogP contribution in [0.25, 0.3) is 0 Å². The van der Waals surface area contributed by atoms with Crippen LogP contribution in [-0.4, -0.2) is 35.2 Å². The minimum Gasteiger partial charge on any atom is -0.455 e. The largest absolute Gasteiger partial charge is 0.455 e. The smallest absolute Gasteiger partial charge is 0.309 e. The molecule has 0 aliphatic heterocycles. The molecule has 28 heavy (non-hydrogen) atoms. The Morgan fingerprint density at radius 2 is 1.75 bits per heavy atom. The summed E-state index contributed by atoms with van der Waals surface area (Å²) in [5.41, 5.74) is 0.465. The van der Waals surface area contributed by atoms with Gasteiger partial charge in [0.25, 0.3) is 5.91 Å². The van der Waals surface area contributed by atoms with Crippen molar-refractivity contribution in [3.8, 4) is 0 Å². The van der Waals surface area contributed by atoms with Crippen LogP contribution in [0, 0.1) is 23.6 Å². The minimum absolute atomic E-state index is 0.0234. The third-order valence-corrected chi connectivity index (χ3v) is 6.33. The Balaban J connectivity index is 1.33.